The van der Waals surface area contributed by atoms with Gasteiger partial charge in [0.15, 0.2) is 0 Å². The van der Waals surface area contributed by atoms with Crippen LogP contribution >= 0.6 is 0 Å². The molecule has 20 heavy (non-hydrogen) atoms. The van der Waals surface area contributed by atoms with Crippen molar-refractivity contribution in [2.24, 2.45) is 0 Å². The van der Waals surface area contributed by atoms with E-state index in [9.17, 15) is 0 Å². The van der Waals surface area contributed by atoms with Gasteiger partial charge in [-0.3, -0.25) is 0 Å². The van der Waals surface area contributed by atoms with E-state index < -0.39 is 0 Å². The van der Waals surface area contributed by atoms with E-state index in [1.54, 1.807) is 7.11 Å². The van der Waals surface area contributed by atoms with Gasteiger partial charge in [0.05, 0.1) is 7.11 Å². The minimum absolute atomic E-state index is 0.616. The summed E-state index contributed by atoms with van der Waals surface area (Å²) in [6.07, 6.45) is 1.19. The summed E-state index contributed by atoms with van der Waals surface area (Å²) in [4.78, 5) is 0. The summed E-state index contributed by atoms with van der Waals surface area (Å²) in [6.45, 7) is 5.39. The van der Waals surface area contributed by atoms with Gasteiger partial charge in [-0.05, 0) is 30.2 Å². The third-order valence-electron chi connectivity index (χ3n) is 3.62. The molecule has 0 fully saturated rings. The first kappa shape index (κ1) is 14.6. The summed E-state index contributed by atoms with van der Waals surface area (Å²) < 4.78 is 4.97. The molecule has 0 radical (unpaired) electrons. The molecular formula is C18H23NO. The quantitative estimate of drug-likeness (QED) is 0.759. The molecule has 1 atom stereocenters. The number of methoxy groups -OCH3 is 1. The molecule has 2 aliphatic carbocycles. The highest BCUT2D eigenvalue weighted by atomic mass is 16.5. The van der Waals surface area contributed by atoms with Crippen molar-refractivity contribution >= 4 is 0 Å². The molecule has 2 nitrogen and oxygen atoms in total. The molecule has 1 N–H and O–H groups in total. The Kier molecular flexibility index (Phi) is 5.19. The fraction of sp³-hybridized carbons (Fsp3) is 0.333. The highest BCUT2D eigenvalue weighted by Gasteiger charge is 2.03. The Morgan fingerprint density at radius 1 is 1.10 bits per heavy atom. The van der Waals surface area contributed by atoms with Gasteiger partial charge >= 0.3 is 0 Å². The first-order chi connectivity index (χ1) is 9.74. The van der Waals surface area contributed by atoms with Crippen molar-refractivity contribution in [1.82, 2.24) is 5.32 Å². The molecule has 0 saturated carbocycles. The maximum absolute atomic E-state index is 4.97. The lowest BCUT2D eigenvalue weighted by atomic mass is 10.1. The van der Waals surface area contributed by atoms with Crippen molar-refractivity contribution in [3.05, 3.63) is 64.5 Å². The lowest BCUT2D eigenvalue weighted by molar-refractivity contribution is 0.407. The Hall–Kier alpha value is -1.80. The molecule has 0 heterocycles. The van der Waals surface area contributed by atoms with Crippen molar-refractivity contribution in [2.45, 2.75) is 32.9 Å². The highest BCUT2D eigenvalue weighted by molar-refractivity contribution is 5.38. The van der Waals surface area contributed by atoms with Gasteiger partial charge in [0.1, 0.15) is 5.75 Å². The molecule has 2 aliphatic rings. The number of nitrogens with one attached hydrogen (secondary N) is 1. The van der Waals surface area contributed by atoms with E-state index in [2.05, 4.69) is 55.6 Å². The largest absolute Gasteiger partial charge is 0.496 e. The van der Waals surface area contributed by atoms with Gasteiger partial charge in [0.2, 0.25) is 0 Å². The fourth-order valence-corrected chi connectivity index (χ4v) is 1.96. The molecule has 3 rings (SSSR count). The smallest absolute Gasteiger partial charge is 0.127 e. The monoisotopic (exact) mass is 269 g/mol. The minimum Gasteiger partial charge on any atom is -0.496 e. The number of ether oxygens (including phenoxy) is 1. The molecule has 1 aromatic rings. The molecule has 0 amide bonds. The molecule has 0 saturated heterocycles. The topological polar surface area (TPSA) is 21.3 Å². The van der Waals surface area contributed by atoms with Gasteiger partial charge in [-0.25, -0.2) is 0 Å². The third kappa shape index (κ3) is 3.61. The Labute approximate surface area is 121 Å². The average Bonchev–Trinajstić information content (AvgIpc) is 2.49. The van der Waals surface area contributed by atoms with Gasteiger partial charge in [-0.15, -0.1) is 0 Å². The maximum atomic E-state index is 4.97. The molecule has 1 unspecified atom stereocenters. The third-order valence-corrected chi connectivity index (χ3v) is 3.62. The van der Waals surface area contributed by atoms with Crippen LogP contribution in [-0.2, 0) is 6.54 Å². The zero-order valence-corrected chi connectivity index (χ0v) is 12.5. The summed E-state index contributed by atoms with van der Waals surface area (Å²) in [5.74, 6) is 1.03. The molecule has 1 aromatic carbocycles. The Morgan fingerprint density at radius 3 is 2.25 bits per heavy atom. The van der Waals surface area contributed by atoms with Crippen molar-refractivity contribution in [1.29, 1.82) is 0 Å². The lowest BCUT2D eigenvalue weighted by Crippen LogP contribution is -2.24. The van der Waals surface area contributed by atoms with Crippen LogP contribution < -0.4 is 10.1 Å². The SMILES string of the molecule is CCC(C)NCc1ccccc1.COc1cc2ccc1=2. The van der Waals surface area contributed by atoms with Gasteiger partial charge in [0, 0.05) is 17.8 Å². The summed E-state index contributed by atoms with van der Waals surface area (Å²) in [5, 5.41) is 6.07. The van der Waals surface area contributed by atoms with Crippen LogP contribution in [0.2, 0.25) is 0 Å². The first-order valence-electron chi connectivity index (χ1n) is 7.20. The van der Waals surface area contributed by atoms with Gasteiger partial charge < -0.3 is 10.1 Å². The summed E-state index contributed by atoms with van der Waals surface area (Å²) >= 11 is 0. The van der Waals surface area contributed by atoms with E-state index >= 15 is 0 Å². The van der Waals surface area contributed by atoms with E-state index in [4.69, 9.17) is 4.74 Å². The van der Waals surface area contributed by atoms with E-state index in [1.807, 2.05) is 12.1 Å². The predicted octanol–water partition coefficient (Wildman–Crippen LogP) is 3.87. The van der Waals surface area contributed by atoms with Crippen LogP contribution in [0.25, 0.3) is 0 Å². The molecule has 106 valence electrons. The van der Waals surface area contributed by atoms with Crippen molar-refractivity contribution in [3.63, 3.8) is 0 Å². The normalized spacial score (nSPS) is 12.2. The average molecular weight is 269 g/mol. The van der Waals surface area contributed by atoms with Crippen LogP contribution in [0, 0.1) is 10.4 Å². The second kappa shape index (κ2) is 7.11. The molecule has 2 heteroatoms. The number of hydrogen-bond donors (Lipinski definition) is 1. The highest BCUT2D eigenvalue weighted by Crippen LogP contribution is 2.22. The van der Waals surface area contributed by atoms with E-state index in [0.717, 1.165) is 12.3 Å². The fourth-order valence-electron chi connectivity index (χ4n) is 1.96. The minimum atomic E-state index is 0.616. The van der Waals surface area contributed by atoms with Gasteiger partial charge in [-0.1, -0.05) is 49.4 Å². The molecule has 0 spiro atoms. The van der Waals surface area contributed by atoms with Crippen molar-refractivity contribution < 1.29 is 4.74 Å². The molecule has 0 aromatic heterocycles. The van der Waals surface area contributed by atoms with Crippen molar-refractivity contribution in [2.75, 3.05) is 7.11 Å². The standard InChI is InChI=1S/C11H17N.C7H6O/c1-3-10(2)12-9-11-7-5-4-6-8-11;1-8-7-4-5-2-3-6(5)7/h4-8,10,12H,3,9H2,1-2H3;2-4H,1H3. The van der Waals surface area contributed by atoms with Crippen LogP contribution in [-0.4, -0.2) is 13.2 Å². The van der Waals surface area contributed by atoms with Crippen LogP contribution in [0.5, 0.6) is 5.75 Å². The van der Waals surface area contributed by atoms with Crippen LogP contribution in [0.4, 0.5) is 0 Å². The van der Waals surface area contributed by atoms with Crippen molar-refractivity contribution in [3.8, 4) is 5.75 Å². The van der Waals surface area contributed by atoms with E-state index in [0.29, 0.717) is 6.04 Å². The summed E-state index contributed by atoms with van der Waals surface area (Å²) in [7, 11) is 1.70. The number of benzene rings is 2. The van der Waals surface area contributed by atoms with Crippen LogP contribution in [0.3, 0.4) is 0 Å². The maximum Gasteiger partial charge on any atom is 0.127 e. The summed E-state index contributed by atoms with van der Waals surface area (Å²) in [5.41, 5.74) is 1.36. The van der Waals surface area contributed by atoms with Crippen LogP contribution in [0.15, 0.2) is 48.5 Å². The lowest BCUT2D eigenvalue weighted by Gasteiger charge is -2.10. The number of hydrogen-bond acceptors (Lipinski definition) is 2. The van der Waals surface area contributed by atoms with E-state index in [-0.39, 0.29) is 0 Å². The first-order valence-corrected chi connectivity index (χ1v) is 7.20. The Bertz CT molecular complexity index is 622. The zero-order chi connectivity index (χ0) is 14.4. The molecular weight excluding hydrogens is 246 g/mol. The second-order valence-electron chi connectivity index (χ2n) is 5.09. The molecule has 0 bridgehead atoms. The number of rotatable bonds is 5. The predicted molar refractivity (Wildman–Crippen MR) is 83.7 cm³/mol. The van der Waals surface area contributed by atoms with E-state index in [1.165, 1.54) is 22.4 Å². The van der Waals surface area contributed by atoms with Gasteiger partial charge in [0.25, 0.3) is 0 Å². The summed E-state index contributed by atoms with van der Waals surface area (Å²) in [6, 6.07) is 17.3. The Balaban J connectivity index is 0.000000157. The van der Waals surface area contributed by atoms with Gasteiger partial charge in [-0.2, -0.15) is 0 Å². The Morgan fingerprint density at radius 2 is 1.85 bits per heavy atom. The molecule has 0 aliphatic heterocycles. The zero-order valence-electron chi connectivity index (χ0n) is 12.5. The van der Waals surface area contributed by atoms with Crippen LogP contribution in [0.1, 0.15) is 25.8 Å². The second-order valence-corrected chi connectivity index (χ2v) is 5.09.